The summed E-state index contributed by atoms with van der Waals surface area (Å²) < 4.78 is 0. The van der Waals surface area contributed by atoms with Gasteiger partial charge < -0.3 is 16.4 Å². The minimum atomic E-state index is -1.01. The Morgan fingerprint density at radius 1 is 1.19 bits per heavy atom. The summed E-state index contributed by atoms with van der Waals surface area (Å²) >= 11 is 0. The molecule has 1 aliphatic heterocycles. The summed E-state index contributed by atoms with van der Waals surface area (Å²) in [4.78, 5) is 20.8. The van der Waals surface area contributed by atoms with Crippen LogP contribution in [0.2, 0.25) is 0 Å². The van der Waals surface area contributed by atoms with E-state index >= 15 is 0 Å². The highest BCUT2D eigenvalue weighted by Crippen LogP contribution is 2.40. The number of carbonyl (C=O) groups excluding carboxylic acids is 1. The largest absolute Gasteiger partial charge is 0.387 e. The third kappa shape index (κ3) is 4.55. The Morgan fingerprint density at radius 3 is 2.81 bits per heavy atom. The minimum absolute atomic E-state index is 0.01000. The number of para-hydroxylation sites is 1. The van der Waals surface area contributed by atoms with E-state index in [2.05, 4.69) is 4.90 Å². The molecule has 5 N–H and O–H groups in total. The topological polar surface area (TPSA) is 109 Å². The van der Waals surface area contributed by atoms with Crippen molar-refractivity contribution in [1.29, 1.82) is 5.41 Å². The first kappa shape index (κ1) is 21.7. The molecule has 2 heterocycles. The number of rotatable bonds is 8. The Morgan fingerprint density at radius 2 is 2.03 bits per heavy atom. The average molecular weight is 420 g/mol. The molecule has 2 aliphatic rings. The predicted molar refractivity (Wildman–Crippen MR) is 125 cm³/mol. The van der Waals surface area contributed by atoms with Crippen LogP contribution in [-0.4, -0.2) is 47.2 Å². The standard InChI is InChI=1S/C25H33N5O/c26-19-12-16-30(17-19)15-5-1-4-13-25(24(27)28)14-6-8-20(23(25)31)22-11-10-18-7-2-3-9-21(18)29-22/h2-3,6-7,9-11,14,19-20H,1,4-5,8,12-13,15-17,26H2,(H3,27,28). The van der Waals surface area contributed by atoms with E-state index in [1.165, 1.54) is 0 Å². The lowest BCUT2D eigenvalue weighted by atomic mass is 9.68. The van der Waals surface area contributed by atoms with Crippen LogP contribution >= 0.6 is 0 Å². The van der Waals surface area contributed by atoms with E-state index in [9.17, 15) is 4.79 Å². The van der Waals surface area contributed by atoms with Gasteiger partial charge in [0.25, 0.3) is 0 Å². The monoisotopic (exact) mass is 419 g/mol. The molecule has 1 aromatic heterocycles. The summed E-state index contributed by atoms with van der Waals surface area (Å²) in [6, 6.07) is 12.2. The van der Waals surface area contributed by atoms with E-state index in [4.69, 9.17) is 21.9 Å². The van der Waals surface area contributed by atoms with Crippen molar-refractivity contribution < 1.29 is 4.79 Å². The van der Waals surface area contributed by atoms with E-state index in [1.54, 1.807) is 0 Å². The number of likely N-dealkylation sites (tertiary alicyclic amines) is 1. The maximum Gasteiger partial charge on any atom is 0.159 e. The van der Waals surface area contributed by atoms with Gasteiger partial charge in [-0.1, -0.05) is 49.3 Å². The van der Waals surface area contributed by atoms with Crippen LogP contribution in [-0.2, 0) is 4.79 Å². The molecule has 0 saturated carbocycles. The number of unbranched alkanes of at least 4 members (excludes halogenated alkanes) is 2. The summed E-state index contributed by atoms with van der Waals surface area (Å²) in [5.74, 6) is -0.398. The molecule has 4 rings (SSSR count). The molecule has 0 bridgehead atoms. The van der Waals surface area contributed by atoms with E-state index in [0.717, 1.165) is 61.9 Å². The quantitative estimate of drug-likeness (QED) is 0.263. The van der Waals surface area contributed by atoms with E-state index in [0.29, 0.717) is 18.9 Å². The number of ketones is 1. The Labute approximate surface area is 184 Å². The van der Waals surface area contributed by atoms with Crippen molar-refractivity contribution in [1.82, 2.24) is 9.88 Å². The number of benzene rings is 1. The maximum absolute atomic E-state index is 13.6. The Bertz CT molecular complexity index is 987. The Hall–Kier alpha value is -2.57. The Kier molecular flexibility index (Phi) is 6.49. The summed E-state index contributed by atoms with van der Waals surface area (Å²) in [6.07, 6.45) is 9.11. The zero-order valence-corrected chi connectivity index (χ0v) is 18.1. The van der Waals surface area contributed by atoms with Crippen LogP contribution in [0.1, 0.15) is 50.1 Å². The molecule has 164 valence electrons. The number of hydrogen-bond acceptors (Lipinski definition) is 5. The molecule has 31 heavy (non-hydrogen) atoms. The molecule has 6 heteroatoms. The van der Waals surface area contributed by atoms with Crippen LogP contribution in [0, 0.1) is 10.8 Å². The highest BCUT2D eigenvalue weighted by Gasteiger charge is 2.45. The molecule has 0 spiro atoms. The van der Waals surface area contributed by atoms with E-state index < -0.39 is 5.41 Å². The van der Waals surface area contributed by atoms with Crippen molar-refractivity contribution in [3.8, 4) is 0 Å². The van der Waals surface area contributed by atoms with Crippen molar-refractivity contribution in [3.63, 3.8) is 0 Å². The van der Waals surface area contributed by atoms with Crippen LogP contribution in [0.4, 0.5) is 0 Å². The number of hydrogen-bond donors (Lipinski definition) is 3. The molecule has 3 unspecified atom stereocenters. The number of allylic oxidation sites excluding steroid dienone is 1. The van der Waals surface area contributed by atoms with Gasteiger partial charge in [0.1, 0.15) is 11.3 Å². The molecule has 1 aromatic carbocycles. The summed E-state index contributed by atoms with van der Waals surface area (Å²) in [5, 5.41) is 9.31. The third-order valence-electron chi connectivity index (χ3n) is 6.84. The molecule has 3 atom stereocenters. The van der Waals surface area contributed by atoms with Gasteiger partial charge in [-0.3, -0.25) is 15.2 Å². The molecule has 0 radical (unpaired) electrons. The third-order valence-corrected chi connectivity index (χ3v) is 6.84. The molecule has 0 amide bonds. The average Bonchev–Trinajstić information content (AvgIpc) is 3.19. The van der Waals surface area contributed by atoms with Gasteiger partial charge in [-0.2, -0.15) is 0 Å². The van der Waals surface area contributed by atoms with Gasteiger partial charge in [-0.05, 0) is 50.9 Å². The summed E-state index contributed by atoms with van der Waals surface area (Å²) in [6.45, 7) is 3.12. The Balaban J connectivity index is 1.42. The minimum Gasteiger partial charge on any atom is -0.387 e. The van der Waals surface area contributed by atoms with Gasteiger partial charge >= 0.3 is 0 Å². The van der Waals surface area contributed by atoms with Crippen molar-refractivity contribution in [2.24, 2.45) is 16.9 Å². The van der Waals surface area contributed by atoms with Gasteiger partial charge in [-0.25, -0.2) is 0 Å². The number of fused-ring (bicyclic) bond motifs is 1. The van der Waals surface area contributed by atoms with Crippen molar-refractivity contribution in [2.75, 3.05) is 19.6 Å². The first-order valence-electron chi connectivity index (χ1n) is 11.4. The number of amidine groups is 1. The van der Waals surface area contributed by atoms with Gasteiger partial charge in [-0.15, -0.1) is 0 Å². The van der Waals surface area contributed by atoms with E-state index in [1.807, 2.05) is 48.6 Å². The van der Waals surface area contributed by atoms with Crippen LogP contribution in [0.25, 0.3) is 10.9 Å². The van der Waals surface area contributed by atoms with Crippen LogP contribution in [0.3, 0.4) is 0 Å². The lowest BCUT2D eigenvalue weighted by molar-refractivity contribution is -0.126. The number of nitrogens with two attached hydrogens (primary N) is 2. The van der Waals surface area contributed by atoms with Crippen LogP contribution in [0.15, 0.2) is 48.6 Å². The smallest absolute Gasteiger partial charge is 0.159 e. The lowest BCUT2D eigenvalue weighted by Crippen LogP contribution is -2.46. The molecule has 2 aromatic rings. The normalized spacial score (nSPS) is 26.5. The van der Waals surface area contributed by atoms with Gasteiger partial charge in [0.2, 0.25) is 0 Å². The second-order valence-electron chi connectivity index (χ2n) is 9.03. The summed E-state index contributed by atoms with van der Waals surface area (Å²) in [5.41, 5.74) is 12.6. The highest BCUT2D eigenvalue weighted by molar-refractivity contribution is 6.11. The first-order valence-corrected chi connectivity index (χ1v) is 11.4. The SMILES string of the molecule is N=C(N)C1(CCCCCN2CCC(N)C2)C=CCC(c2ccc3ccccc3n2)C1=O. The molecule has 1 saturated heterocycles. The molecule has 1 fully saturated rings. The fourth-order valence-electron chi connectivity index (χ4n) is 4.98. The highest BCUT2D eigenvalue weighted by atomic mass is 16.1. The molecule has 6 nitrogen and oxygen atoms in total. The second-order valence-corrected chi connectivity index (χ2v) is 9.03. The number of nitrogens with zero attached hydrogens (tertiary/aromatic N) is 2. The number of nitrogens with one attached hydrogen (secondary N) is 1. The number of Topliss-reactive ketones (excluding diaryl/α,β-unsaturated/α-hetero) is 1. The zero-order valence-electron chi connectivity index (χ0n) is 18.1. The van der Waals surface area contributed by atoms with Crippen molar-refractivity contribution in [2.45, 2.75) is 50.5 Å². The van der Waals surface area contributed by atoms with Crippen LogP contribution in [0.5, 0.6) is 0 Å². The molecule has 1 aliphatic carbocycles. The first-order chi connectivity index (χ1) is 15.0. The maximum atomic E-state index is 13.6. The molecular formula is C25H33N5O. The van der Waals surface area contributed by atoms with E-state index in [-0.39, 0.29) is 17.5 Å². The zero-order chi connectivity index (χ0) is 21.8. The fraction of sp³-hybridized carbons (Fsp3) is 0.480. The fourth-order valence-corrected chi connectivity index (χ4v) is 4.98. The van der Waals surface area contributed by atoms with Gasteiger partial charge in [0.05, 0.1) is 17.1 Å². The van der Waals surface area contributed by atoms with Gasteiger partial charge in [0, 0.05) is 18.0 Å². The number of aromatic nitrogens is 1. The predicted octanol–water partition coefficient (Wildman–Crippen LogP) is 3.36. The summed E-state index contributed by atoms with van der Waals surface area (Å²) in [7, 11) is 0. The molecular weight excluding hydrogens is 386 g/mol. The van der Waals surface area contributed by atoms with Crippen LogP contribution < -0.4 is 11.5 Å². The number of pyridine rings is 1. The van der Waals surface area contributed by atoms with Gasteiger partial charge in [0.15, 0.2) is 5.78 Å². The lowest BCUT2D eigenvalue weighted by Gasteiger charge is -2.34. The second kappa shape index (κ2) is 9.28. The van der Waals surface area contributed by atoms with Crippen molar-refractivity contribution >= 4 is 22.5 Å². The van der Waals surface area contributed by atoms with Crippen molar-refractivity contribution in [3.05, 3.63) is 54.2 Å². The number of carbonyl (C=O) groups is 1.